The van der Waals surface area contributed by atoms with E-state index in [0.29, 0.717) is 15.2 Å². The highest BCUT2D eigenvalue weighted by Crippen LogP contribution is 2.34. The van der Waals surface area contributed by atoms with Crippen LogP contribution in [0.1, 0.15) is 24.8 Å². The van der Waals surface area contributed by atoms with Crippen LogP contribution in [0, 0.1) is 0 Å². The number of hydrogen-bond acceptors (Lipinski definition) is 4. The van der Waals surface area contributed by atoms with E-state index < -0.39 is 36.1 Å². The van der Waals surface area contributed by atoms with Crippen molar-refractivity contribution in [3.05, 3.63) is 56.5 Å². The van der Waals surface area contributed by atoms with Gasteiger partial charge in [0.25, 0.3) is 5.91 Å². The molecule has 0 radical (unpaired) electrons. The standard InChI is InChI=1S/C20H16BrCl2F3N2O4/c21-13-6-5-12(9-15(13)23)27-18(30)10-32-19(31)3-1-2-17(29)28-16-8-11(20(24,25)26)4-7-14(16)22/h4-9H,1-3,10H2,(H,27,30)(H,28,29). The lowest BCUT2D eigenvalue weighted by Gasteiger charge is -2.11. The van der Waals surface area contributed by atoms with Gasteiger partial charge in [0.05, 0.1) is 21.3 Å². The van der Waals surface area contributed by atoms with Gasteiger partial charge in [-0.3, -0.25) is 14.4 Å². The molecule has 2 amide bonds. The predicted octanol–water partition coefficient (Wildman–Crippen LogP) is 6.07. The first kappa shape index (κ1) is 26.0. The van der Waals surface area contributed by atoms with E-state index >= 15 is 0 Å². The maximum atomic E-state index is 12.8. The quantitative estimate of drug-likeness (QED) is 0.387. The summed E-state index contributed by atoms with van der Waals surface area (Å²) in [5.41, 5.74) is -0.715. The van der Waals surface area contributed by atoms with Gasteiger partial charge in [-0.2, -0.15) is 13.2 Å². The molecule has 0 spiro atoms. The molecule has 0 atom stereocenters. The van der Waals surface area contributed by atoms with E-state index in [0.717, 1.165) is 18.2 Å². The monoisotopic (exact) mass is 554 g/mol. The minimum absolute atomic E-state index is 0.0520. The van der Waals surface area contributed by atoms with Crippen LogP contribution < -0.4 is 10.6 Å². The minimum Gasteiger partial charge on any atom is -0.456 e. The summed E-state index contributed by atoms with van der Waals surface area (Å²) in [6, 6.07) is 7.32. The number of hydrogen-bond donors (Lipinski definition) is 2. The van der Waals surface area contributed by atoms with Gasteiger partial charge in [0.15, 0.2) is 6.61 Å². The van der Waals surface area contributed by atoms with Crippen LogP contribution in [0.5, 0.6) is 0 Å². The van der Waals surface area contributed by atoms with Gasteiger partial charge >= 0.3 is 12.1 Å². The topological polar surface area (TPSA) is 84.5 Å². The Balaban J connectivity index is 1.73. The van der Waals surface area contributed by atoms with Crippen LogP contribution in [0.25, 0.3) is 0 Å². The first-order chi connectivity index (χ1) is 15.0. The van der Waals surface area contributed by atoms with E-state index in [1.165, 1.54) is 6.07 Å². The Morgan fingerprint density at radius 3 is 2.31 bits per heavy atom. The molecular formula is C20H16BrCl2F3N2O4. The summed E-state index contributed by atoms with van der Waals surface area (Å²) in [5.74, 6) is -1.91. The smallest absolute Gasteiger partial charge is 0.416 e. The summed E-state index contributed by atoms with van der Waals surface area (Å²) in [6.07, 6.45) is -4.85. The maximum absolute atomic E-state index is 12.8. The summed E-state index contributed by atoms with van der Waals surface area (Å²) in [4.78, 5) is 35.5. The highest BCUT2D eigenvalue weighted by molar-refractivity contribution is 9.10. The molecule has 0 aromatic heterocycles. The Hall–Kier alpha value is -2.30. The van der Waals surface area contributed by atoms with Crippen LogP contribution in [-0.2, 0) is 25.3 Å². The van der Waals surface area contributed by atoms with Crippen molar-refractivity contribution in [2.24, 2.45) is 0 Å². The minimum atomic E-state index is -4.58. The molecule has 6 nitrogen and oxygen atoms in total. The molecule has 0 saturated carbocycles. The first-order valence-corrected chi connectivity index (χ1v) is 10.6. The number of ether oxygens (including phenoxy) is 1. The number of amides is 2. The van der Waals surface area contributed by atoms with Crippen LogP contribution >= 0.6 is 39.1 Å². The normalized spacial score (nSPS) is 11.1. The van der Waals surface area contributed by atoms with Crippen molar-refractivity contribution in [1.82, 2.24) is 0 Å². The maximum Gasteiger partial charge on any atom is 0.416 e. The molecule has 0 heterocycles. The number of rotatable bonds is 8. The molecule has 32 heavy (non-hydrogen) atoms. The fourth-order valence-corrected chi connectivity index (χ4v) is 2.98. The molecule has 2 aromatic rings. The number of esters is 1. The summed E-state index contributed by atoms with van der Waals surface area (Å²) in [6.45, 7) is -0.529. The Morgan fingerprint density at radius 1 is 0.938 bits per heavy atom. The van der Waals surface area contributed by atoms with E-state index in [1.54, 1.807) is 12.1 Å². The zero-order chi connectivity index (χ0) is 23.9. The van der Waals surface area contributed by atoms with Crippen LogP contribution in [0.4, 0.5) is 24.5 Å². The zero-order valence-corrected chi connectivity index (χ0v) is 19.3. The Morgan fingerprint density at radius 2 is 1.66 bits per heavy atom. The molecule has 172 valence electrons. The van der Waals surface area contributed by atoms with Gasteiger partial charge in [0.1, 0.15) is 0 Å². The lowest BCUT2D eigenvalue weighted by molar-refractivity contribution is -0.147. The van der Waals surface area contributed by atoms with Crippen molar-refractivity contribution in [2.75, 3.05) is 17.2 Å². The van der Waals surface area contributed by atoms with Crippen molar-refractivity contribution in [3.63, 3.8) is 0 Å². The van der Waals surface area contributed by atoms with Crippen molar-refractivity contribution >= 4 is 68.3 Å². The molecule has 0 bridgehead atoms. The second kappa shape index (κ2) is 11.5. The lowest BCUT2D eigenvalue weighted by atomic mass is 10.2. The third-order valence-electron chi connectivity index (χ3n) is 3.92. The van der Waals surface area contributed by atoms with Gasteiger partial charge in [-0.05, 0) is 58.7 Å². The number of carbonyl (C=O) groups excluding carboxylic acids is 3. The van der Waals surface area contributed by atoms with Crippen molar-refractivity contribution < 1.29 is 32.3 Å². The number of alkyl halides is 3. The number of carbonyl (C=O) groups is 3. The molecule has 12 heteroatoms. The molecule has 2 N–H and O–H groups in total. The fourth-order valence-electron chi connectivity index (χ4n) is 2.39. The first-order valence-electron chi connectivity index (χ1n) is 9.03. The number of anilines is 2. The largest absolute Gasteiger partial charge is 0.456 e. The average molecular weight is 556 g/mol. The summed E-state index contributed by atoms with van der Waals surface area (Å²) >= 11 is 15.0. The second-order valence-corrected chi connectivity index (χ2v) is 8.10. The van der Waals surface area contributed by atoms with Gasteiger partial charge < -0.3 is 15.4 Å². The van der Waals surface area contributed by atoms with Crippen molar-refractivity contribution in [3.8, 4) is 0 Å². The van der Waals surface area contributed by atoms with Crippen LogP contribution in [0.2, 0.25) is 10.0 Å². The van der Waals surface area contributed by atoms with Crippen LogP contribution in [0.3, 0.4) is 0 Å². The molecule has 0 aliphatic carbocycles. The number of halogens is 6. The van der Waals surface area contributed by atoms with E-state index in [-0.39, 0.29) is 30.0 Å². The van der Waals surface area contributed by atoms with Crippen molar-refractivity contribution in [2.45, 2.75) is 25.4 Å². The molecule has 0 aliphatic heterocycles. The molecule has 2 aromatic carbocycles. The Bertz CT molecular complexity index is 1020. The molecule has 0 aliphatic rings. The van der Waals surface area contributed by atoms with Gasteiger partial charge in [-0.25, -0.2) is 0 Å². The summed E-state index contributed by atoms with van der Waals surface area (Å²) in [7, 11) is 0. The molecule has 0 fully saturated rings. The third-order valence-corrected chi connectivity index (χ3v) is 5.48. The van der Waals surface area contributed by atoms with E-state index in [4.69, 9.17) is 27.9 Å². The SMILES string of the molecule is O=C(COC(=O)CCCC(=O)Nc1cc(C(F)(F)F)ccc1Cl)Nc1ccc(Br)c(Cl)c1. The Kier molecular flexibility index (Phi) is 9.35. The van der Waals surface area contributed by atoms with E-state index in [9.17, 15) is 27.6 Å². The van der Waals surface area contributed by atoms with Gasteiger partial charge in [0.2, 0.25) is 5.91 Å². The predicted molar refractivity (Wildman–Crippen MR) is 118 cm³/mol. The van der Waals surface area contributed by atoms with Gasteiger partial charge in [0, 0.05) is 23.0 Å². The second-order valence-electron chi connectivity index (χ2n) is 6.43. The average Bonchev–Trinajstić information content (AvgIpc) is 2.70. The third kappa shape index (κ3) is 8.33. The molecule has 2 rings (SSSR count). The summed E-state index contributed by atoms with van der Waals surface area (Å²) < 4.78 is 43.8. The van der Waals surface area contributed by atoms with E-state index in [2.05, 4.69) is 26.6 Å². The van der Waals surface area contributed by atoms with Crippen LogP contribution in [0.15, 0.2) is 40.9 Å². The van der Waals surface area contributed by atoms with E-state index in [1.807, 2.05) is 0 Å². The van der Waals surface area contributed by atoms with Gasteiger partial charge in [-0.1, -0.05) is 23.2 Å². The number of nitrogens with one attached hydrogen (secondary N) is 2. The highest BCUT2D eigenvalue weighted by atomic mass is 79.9. The zero-order valence-electron chi connectivity index (χ0n) is 16.2. The highest BCUT2D eigenvalue weighted by Gasteiger charge is 2.31. The Labute approximate surface area is 199 Å². The molecule has 0 unspecified atom stereocenters. The fraction of sp³-hybridized carbons (Fsp3) is 0.250. The summed E-state index contributed by atoms with van der Waals surface area (Å²) in [5, 5.41) is 5.13. The van der Waals surface area contributed by atoms with Crippen LogP contribution in [-0.4, -0.2) is 24.4 Å². The van der Waals surface area contributed by atoms with Crippen molar-refractivity contribution in [1.29, 1.82) is 0 Å². The number of benzene rings is 2. The lowest BCUT2D eigenvalue weighted by Crippen LogP contribution is -2.21. The van der Waals surface area contributed by atoms with Gasteiger partial charge in [-0.15, -0.1) is 0 Å². The molecular weight excluding hydrogens is 540 g/mol. The molecule has 0 saturated heterocycles.